The maximum absolute atomic E-state index is 11.3. The molecule has 4 heteroatoms. The summed E-state index contributed by atoms with van der Waals surface area (Å²) in [7, 11) is 0. The van der Waals surface area contributed by atoms with Crippen LogP contribution in [0.4, 0.5) is 0 Å². The second-order valence-corrected chi connectivity index (χ2v) is 2.66. The Labute approximate surface area is 90.5 Å². The molecule has 0 aromatic heterocycles. The molecular weight excluding hydrogens is 194 g/mol. The summed E-state index contributed by atoms with van der Waals surface area (Å²) in [5.41, 5.74) is 0. The zero-order chi connectivity index (χ0) is 11.5. The first-order chi connectivity index (χ1) is 7.26. The van der Waals surface area contributed by atoms with Gasteiger partial charge in [0.25, 0.3) is 0 Å². The van der Waals surface area contributed by atoms with Crippen LogP contribution in [-0.2, 0) is 14.3 Å². The van der Waals surface area contributed by atoms with Crippen molar-refractivity contribution in [1.82, 2.24) is 4.90 Å². The van der Waals surface area contributed by atoms with E-state index in [1.165, 1.54) is 11.0 Å². The minimum absolute atomic E-state index is 0.161. The Hall–Kier alpha value is -1.39. The molecule has 0 fully saturated rings. The minimum atomic E-state index is -0.233. The fourth-order valence-corrected chi connectivity index (χ4v) is 0.786. The molecule has 0 N–H and O–H groups in total. The van der Waals surface area contributed by atoms with Crippen molar-refractivity contribution in [2.75, 3.05) is 26.7 Å². The van der Waals surface area contributed by atoms with Gasteiger partial charge in [-0.15, -0.1) is 13.2 Å². The summed E-state index contributed by atoms with van der Waals surface area (Å²) < 4.78 is 10.3. The third-order valence-corrected chi connectivity index (χ3v) is 1.45. The van der Waals surface area contributed by atoms with Crippen molar-refractivity contribution in [2.24, 2.45) is 0 Å². The quantitative estimate of drug-likeness (QED) is 0.250. The van der Waals surface area contributed by atoms with E-state index in [1.807, 2.05) is 0 Å². The number of hydrogen-bond acceptors (Lipinski definition) is 3. The number of nitrogens with zero attached hydrogens (tertiary/aromatic N) is 1. The summed E-state index contributed by atoms with van der Waals surface area (Å²) in [5.74, 6) is -0.233. The van der Waals surface area contributed by atoms with E-state index in [2.05, 4.69) is 19.7 Å². The van der Waals surface area contributed by atoms with E-state index in [-0.39, 0.29) is 19.4 Å². The van der Waals surface area contributed by atoms with E-state index in [1.54, 1.807) is 12.2 Å². The van der Waals surface area contributed by atoms with E-state index in [9.17, 15) is 4.79 Å². The van der Waals surface area contributed by atoms with Crippen molar-refractivity contribution < 1.29 is 14.3 Å². The first-order valence-electron chi connectivity index (χ1n) is 4.54. The van der Waals surface area contributed by atoms with Gasteiger partial charge < -0.3 is 9.47 Å². The summed E-state index contributed by atoms with van der Waals surface area (Å²) in [4.78, 5) is 12.7. The van der Waals surface area contributed by atoms with Gasteiger partial charge in [0.1, 0.15) is 13.5 Å². The molecule has 0 saturated heterocycles. The minimum Gasteiger partial charge on any atom is -0.357 e. The fraction of sp³-hybridized carbons (Fsp3) is 0.364. The molecule has 0 aliphatic carbocycles. The van der Waals surface area contributed by atoms with Crippen LogP contribution in [0.25, 0.3) is 0 Å². The lowest BCUT2D eigenvalue weighted by Gasteiger charge is -2.20. The van der Waals surface area contributed by atoms with Gasteiger partial charge in [0, 0.05) is 0 Å². The Kier molecular flexibility index (Phi) is 8.33. The average molecular weight is 211 g/mol. The summed E-state index contributed by atoms with van der Waals surface area (Å²) >= 11 is 0. The molecule has 0 bridgehead atoms. The third kappa shape index (κ3) is 6.65. The van der Waals surface area contributed by atoms with E-state index in [4.69, 9.17) is 9.47 Å². The molecule has 0 aliphatic rings. The van der Waals surface area contributed by atoms with Gasteiger partial charge in [-0.05, 0) is 6.08 Å². The van der Waals surface area contributed by atoms with Crippen LogP contribution in [0, 0.1) is 0 Å². The molecule has 0 unspecified atom stereocenters. The van der Waals surface area contributed by atoms with Crippen molar-refractivity contribution in [3.05, 3.63) is 38.0 Å². The van der Waals surface area contributed by atoms with Crippen LogP contribution < -0.4 is 0 Å². The molecule has 1 amide bonds. The van der Waals surface area contributed by atoms with Crippen LogP contribution in [0.15, 0.2) is 38.0 Å². The van der Waals surface area contributed by atoms with Crippen molar-refractivity contribution in [3.8, 4) is 0 Å². The smallest absolute Gasteiger partial charge is 0.249 e. The highest BCUT2D eigenvalue weighted by atomic mass is 16.5. The molecule has 0 aromatic rings. The van der Waals surface area contributed by atoms with Crippen LogP contribution in [0.3, 0.4) is 0 Å². The Morgan fingerprint density at radius 2 is 1.53 bits per heavy atom. The SMILES string of the molecule is C=CCOCN(COCC=C)C(=O)C=C. The zero-order valence-corrected chi connectivity index (χ0v) is 8.85. The first-order valence-corrected chi connectivity index (χ1v) is 4.54. The monoisotopic (exact) mass is 211 g/mol. The molecule has 0 heterocycles. The molecule has 84 valence electrons. The molecule has 0 rings (SSSR count). The molecule has 15 heavy (non-hydrogen) atoms. The summed E-state index contributed by atoms with van der Waals surface area (Å²) in [6.07, 6.45) is 4.44. The molecular formula is C11H17NO3. The highest BCUT2D eigenvalue weighted by molar-refractivity contribution is 5.86. The maximum atomic E-state index is 11.3. The number of rotatable bonds is 9. The van der Waals surface area contributed by atoms with Gasteiger partial charge in [0.2, 0.25) is 5.91 Å². The first kappa shape index (κ1) is 13.6. The number of hydrogen-bond donors (Lipinski definition) is 0. The normalized spacial score (nSPS) is 9.33. The van der Waals surface area contributed by atoms with E-state index in [0.29, 0.717) is 13.2 Å². The van der Waals surface area contributed by atoms with E-state index < -0.39 is 0 Å². The predicted octanol–water partition coefficient (Wildman–Crippen LogP) is 1.32. The number of amides is 1. The highest BCUT2D eigenvalue weighted by Gasteiger charge is 2.08. The Morgan fingerprint density at radius 3 is 1.87 bits per heavy atom. The second kappa shape index (κ2) is 9.18. The topological polar surface area (TPSA) is 38.8 Å². The fourth-order valence-electron chi connectivity index (χ4n) is 0.786. The van der Waals surface area contributed by atoms with Gasteiger partial charge in [-0.3, -0.25) is 9.69 Å². The molecule has 0 aromatic carbocycles. The van der Waals surface area contributed by atoms with Gasteiger partial charge in [0.05, 0.1) is 13.2 Å². The zero-order valence-electron chi connectivity index (χ0n) is 8.85. The van der Waals surface area contributed by atoms with Crippen LogP contribution in [0.5, 0.6) is 0 Å². The maximum Gasteiger partial charge on any atom is 0.249 e. The lowest BCUT2D eigenvalue weighted by atomic mass is 10.5. The van der Waals surface area contributed by atoms with E-state index >= 15 is 0 Å². The van der Waals surface area contributed by atoms with Crippen LogP contribution >= 0.6 is 0 Å². The number of ether oxygens (including phenoxy) is 2. The average Bonchev–Trinajstić information content (AvgIpc) is 2.26. The Balaban J connectivity index is 3.93. The summed E-state index contributed by atoms with van der Waals surface area (Å²) in [6.45, 7) is 11.5. The van der Waals surface area contributed by atoms with Gasteiger partial charge in [-0.1, -0.05) is 18.7 Å². The molecule has 0 radical (unpaired) electrons. The molecule has 0 saturated carbocycles. The number of carbonyl (C=O) groups excluding carboxylic acids is 1. The van der Waals surface area contributed by atoms with Crippen LogP contribution in [0.1, 0.15) is 0 Å². The standard InChI is InChI=1S/C11H17NO3/c1-4-7-14-9-12(11(13)6-3)10-15-8-5-2/h4-6H,1-3,7-10H2. The highest BCUT2D eigenvalue weighted by Crippen LogP contribution is 1.93. The number of carbonyl (C=O) groups is 1. The second-order valence-electron chi connectivity index (χ2n) is 2.66. The molecule has 0 atom stereocenters. The van der Waals surface area contributed by atoms with Crippen LogP contribution in [0.2, 0.25) is 0 Å². The van der Waals surface area contributed by atoms with Crippen molar-refractivity contribution in [2.45, 2.75) is 0 Å². The molecule has 4 nitrogen and oxygen atoms in total. The van der Waals surface area contributed by atoms with Gasteiger partial charge in [-0.25, -0.2) is 0 Å². The van der Waals surface area contributed by atoms with Crippen molar-refractivity contribution in [3.63, 3.8) is 0 Å². The lowest BCUT2D eigenvalue weighted by Crippen LogP contribution is -2.34. The predicted molar refractivity (Wildman–Crippen MR) is 59.1 cm³/mol. The Morgan fingerprint density at radius 1 is 1.07 bits per heavy atom. The van der Waals surface area contributed by atoms with Gasteiger partial charge in [-0.2, -0.15) is 0 Å². The van der Waals surface area contributed by atoms with E-state index in [0.717, 1.165) is 0 Å². The molecule has 0 spiro atoms. The lowest BCUT2D eigenvalue weighted by molar-refractivity contribution is -0.138. The largest absolute Gasteiger partial charge is 0.357 e. The Bertz CT molecular complexity index is 212. The van der Waals surface area contributed by atoms with Gasteiger partial charge >= 0.3 is 0 Å². The molecule has 0 aliphatic heterocycles. The van der Waals surface area contributed by atoms with Gasteiger partial charge in [0.15, 0.2) is 0 Å². The third-order valence-electron chi connectivity index (χ3n) is 1.45. The van der Waals surface area contributed by atoms with Crippen molar-refractivity contribution in [1.29, 1.82) is 0 Å². The summed E-state index contributed by atoms with van der Waals surface area (Å²) in [6, 6.07) is 0. The van der Waals surface area contributed by atoms with Crippen LogP contribution in [-0.4, -0.2) is 37.5 Å². The summed E-state index contributed by atoms with van der Waals surface area (Å²) in [5, 5.41) is 0. The van der Waals surface area contributed by atoms with Crippen molar-refractivity contribution >= 4 is 5.91 Å².